The predicted octanol–water partition coefficient (Wildman–Crippen LogP) is 4.27. The average molecular weight is 361 g/mol. The van der Waals surface area contributed by atoms with Gasteiger partial charge in [-0.15, -0.1) is 12.4 Å². The van der Waals surface area contributed by atoms with Crippen LogP contribution in [0.2, 0.25) is 5.02 Å². The molecule has 1 amide bonds. The lowest BCUT2D eigenvalue weighted by molar-refractivity contribution is -0.116. The molecule has 1 aliphatic heterocycles. The van der Waals surface area contributed by atoms with Gasteiger partial charge in [-0.2, -0.15) is 0 Å². The van der Waals surface area contributed by atoms with Crippen molar-refractivity contribution in [2.75, 3.05) is 18.4 Å². The van der Waals surface area contributed by atoms with Crippen LogP contribution in [0.25, 0.3) is 0 Å². The highest BCUT2D eigenvalue weighted by molar-refractivity contribution is 6.32. The molecule has 0 aromatic heterocycles. The second-order valence-electron chi connectivity index (χ2n) is 6.06. The number of benzene rings is 1. The van der Waals surface area contributed by atoms with Crippen molar-refractivity contribution in [3.05, 3.63) is 23.2 Å². The first kappa shape index (κ1) is 20.1. The number of carbonyl (C=O) groups is 1. The highest BCUT2D eigenvalue weighted by Gasteiger charge is 2.16. The fraction of sp³-hybridized carbons (Fsp3) is 0.588. The minimum absolute atomic E-state index is 0. The molecule has 130 valence electrons. The number of hydrogen-bond acceptors (Lipinski definition) is 3. The number of nitrogens with one attached hydrogen (secondary N) is 2. The Kier molecular flexibility index (Phi) is 8.74. The van der Waals surface area contributed by atoms with Gasteiger partial charge in [0, 0.05) is 6.42 Å². The number of rotatable bonds is 6. The predicted molar refractivity (Wildman–Crippen MR) is 97.9 cm³/mol. The smallest absolute Gasteiger partial charge is 0.224 e. The molecule has 1 saturated heterocycles. The molecular weight excluding hydrogens is 335 g/mol. The molecule has 6 heteroatoms. The topological polar surface area (TPSA) is 50.4 Å². The van der Waals surface area contributed by atoms with Crippen LogP contribution in [0.1, 0.15) is 39.5 Å². The first-order valence-corrected chi connectivity index (χ1v) is 8.40. The molecule has 1 aromatic carbocycles. The van der Waals surface area contributed by atoms with E-state index < -0.39 is 0 Å². The Morgan fingerprint density at radius 1 is 1.39 bits per heavy atom. The lowest BCUT2D eigenvalue weighted by Gasteiger charge is -2.22. The van der Waals surface area contributed by atoms with E-state index in [0.717, 1.165) is 32.4 Å². The van der Waals surface area contributed by atoms with E-state index in [1.54, 1.807) is 6.07 Å². The van der Waals surface area contributed by atoms with Gasteiger partial charge in [0.1, 0.15) is 0 Å². The largest absolute Gasteiger partial charge is 0.487 e. The highest BCUT2D eigenvalue weighted by atomic mass is 35.5. The van der Waals surface area contributed by atoms with Gasteiger partial charge in [-0.3, -0.25) is 4.79 Å². The third kappa shape index (κ3) is 6.58. The van der Waals surface area contributed by atoms with E-state index in [9.17, 15) is 4.79 Å². The van der Waals surface area contributed by atoms with Crippen LogP contribution in [0, 0.1) is 5.92 Å². The van der Waals surface area contributed by atoms with Gasteiger partial charge in [0.2, 0.25) is 5.91 Å². The summed E-state index contributed by atoms with van der Waals surface area (Å²) in [5.74, 6) is 1.22. The van der Waals surface area contributed by atoms with Gasteiger partial charge in [-0.05, 0) is 64.3 Å². The summed E-state index contributed by atoms with van der Waals surface area (Å²) in [7, 11) is 0. The Balaban J connectivity index is 0.00000264. The van der Waals surface area contributed by atoms with Crippen molar-refractivity contribution in [3.8, 4) is 5.75 Å². The molecule has 0 spiro atoms. The van der Waals surface area contributed by atoms with E-state index in [-0.39, 0.29) is 24.4 Å². The van der Waals surface area contributed by atoms with E-state index in [1.165, 1.54) is 0 Å². The van der Waals surface area contributed by atoms with Gasteiger partial charge in [0.15, 0.2) is 5.75 Å². The molecule has 2 rings (SSSR count). The van der Waals surface area contributed by atoms with Crippen LogP contribution >= 0.6 is 24.0 Å². The second-order valence-corrected chi connectivity index (χ2v) is 6.47. The third-order valence-corrected chi connectivity index (χ3v) is 4.13. The van der Waals surface area contributed by atoms with Gasteiger partial charge in [-0.1, -0.05) is 17.7 Å². The van der Waals surface area contributed by atoms with E-state index in [4.69, 9.17) is 16.3 Å². The molecule has 2 N–H and O–H groups in total. The summed E-state index contributed by atoms with van der Waals surface area (Å²) in [6.07, 6.45) is 3.80. The number of ether oxygens (including phenoxy) is 1. The highest BCUT2D eigenvalue weighted by Crippen LogP contribution is 2.34. The number of piperidine rings is 1. The number of halogens is 2. The van der Waals surface area contributed by atoms with E-state index in [2.05, 4.69) is 10.6 Å². The lowest BCUT2D eigenvalue weighted by atomic mass is 9.93. The molecule has 0 bridgehead atoms. The Morgan fingerprint density at radius 2 is 2.09 bits per heavy atom. The molecule has 1 aliphatic rings. The Morgan fingerprint density at radius 3 is 2.74 bits per heavy atom. The quantitative estimate of drug-likeness (QED) is 0.796. The minimum atomic E-state index is 0. The zero-order chi connectivity index (χ0) is 15.9. The van der Waals surface area contributed by atoms with Crippen LogP contribution < -0.4 is 15.4 Å². The summed E-state index contributed by atoms with van der Waals surface area (Å²) < 4.78 is 5.72. The fourth-order valence-corrected chi connectivity index (χ4v) is 2.90. The zero-order valence-corrected chi connectivity index (χ0v) is 15.3. The summed E-state index contributed by atoms with van der Waals surface area (Å²) in [6, 6.07) is 5.41. The molecule has 0 atom stereocenters. The van der Waals surface area contributed by atoms with Gasteiger partial charge < -0.3 is 15.4 Å². The van der Waals surface area contributed by atoms with Crippen LogP contribution in [0.15, 0.2) is 18.2 Å². The number of hydrogen-bond donors (Lipinski definition) is 2. The molecule has 0 unspecified atom stereocenters. The molecule has 0 saturated carbocycles. The fourth-order valence-electron chi connectivity index (χ4n) is 2.68. The van der Waals surface area contributed by atoms with Gasteiger partial charge >= 0.3 is 0 Å². The summed E-state index contributed by atoms with van der Waals surface area (Å²) in [5, 5.41) is 6.79. The van der Waals surface area contributed by atoms with Crippen molar-refractivity contribution in [1.29, 1.82) is 0 Å². The van der Waals surface area contributed by atoms with Crippen molar-refractivity contribution in [2.24, 2.45) is 5.92 Å². The summed E-state index contributed by atoms with van der Waals surface area (Å²) in [5.41, 5.74) is 0.650. The number of carbonyl (C=O) groups excluding carboxylic acids is 1. The average Bonchev–Trinajstić information content (AvgIpc) is 2.49. The van der Waals surface area contributed by atoms with Crippen LogP contribution in [-0.4, -0.2) is 25.1 Å². The van der Waals surface area contributed by atoms with Gasteiger partial charge in [0.05, 0.1) is 16.8 Å². The SMILES string of the molecule is CC(C)Oc1c(Cl)cccc1NC(=O)CCC1CCNCC1.Cl. The molecular formula is C17H26Cl2N2O2. The summed E-state index contributed by atoms with van der Waals surface area (Å²) in [4.78, 5) is 12.2. The molecule has 23 heavy (non-hydrogen) atoms. The maximum Gasteiger partial charge on any atom is 0.224 e. The molecule has 0 aliphatic carbocycles. The van der Waals surface area contributed by atoms with Crippen molar-refractivity contribution in [3.63, 3.8) is 0 Å². The Bertz CT molecular complexity index is 503. The van der Waals surface area contributed by atoms with Gasteiger partial charge in [-0.25, -0.2) is 0 Å². The first-order valence-electron chi connectivity index (χ1n) is 8.02. The lowest BCUT2D eigenvalue weighted by Crippen LogP contribution is -2.28. The third-order valence-electron chi connectivity index (χ3n) is 3.83. The maximum atomic E-state index is 12.2. The molecule has 1 fully saturated rings. The maximum absolute atomic E-state index is 12.2. The standard InChI is InChI=1S/C17H25ClN2O2.ClH/c1-12(2)22-17-14(18)4-3-5-15(17)20-16(21)7-6-13-8-10-19-11-9-13;/h3-5,12-13,19H,6-11H2,1-2H3,(H,20,21);1H. The minimum Gasteiger partial charge on any atom is -0.487 e. The van der Waals surface area contributed by atoms with Crippen molar-refractivity contribution < 1.29 is 9.53 Å². The normalized spacial score (nSPS) is 15.1. The van der Waals surface area contributed by atoms with Crippen molar-refractivity contribution >= 4 is 35.6 Å². The second kappa shape index (κ2) is 10.0. The molecule has 1 aromatic rings. The monoisotopic (exact) mass is 360 g/mol. The van der Waals surface area contributed by atoms with Crippen LogP contribution in [0.3, 0.4) is 0 Å². The number of para-hydroxylation sites is 1. The summed E-state index contributed by atoms with van der Waals surface area (Å²) in [6.45, 7) is 6.00. The molecule has 0 radical (unpaired) electrons. The van der Waals surface area contributed by atoms with Crippen LogP contribution in [-0.2, 0) is 4.79 Å². The summed E-state index contributed by atoms with van der Waals surface area (Å²) >= 11 is 6.17. The zero-order valence-electron chi connectivity index (χ0n) is 13.7. The molecule has 1 heterocycles. The number of anilines is 1. The van der Waals surface area contributed by atoms with Crippen molar-refractivity contribution in [1.82, 2.24) is 5.32 Å². The first-order chi connectivity index (χ1) is 10.6. The Labute approximate surface area is 149 Å². The molecule has 4 nitrogen and oxygen atoms in total. The van der Waals surface area contributed by atoms with E-state index in [1.807, 2.05) is 26.0 Å². The van der Waals surface area contributed by atoms with Gasteiger partial charge in [0.25, 0.3) is 0 Å². The van der Waals surface area contributed by atoms with Crippen LogP contribution in [0.4, 0.5) is 5.69 Å². The van der Waals surface area contributed by atoms with Crippen LogP contribution in [0.5, 0.6) is 5.75 Å². The van der Waals surface area contributed by atoms with E-state index in [0.29, 0.717) is 28.8 Å². The van der Waals surface area contributed by atoms with E-state index >= 15 is 0 Å². The Hall–Kier alpha value is -0.970. The van der Waals surface area contributed by atoms with Crippen molar-refractivity contribution in [2.45, 2.75) is 45.6 Å². The number of amides is 1.